The molecule has 2 heterocycles. The Morgan fingerprint density at radius 3 is 2.43 bits per heavy atom. The molecule has 0 aliphatic rings. The molecule has 10 heteroatoms. The fourth-order valence-electron chi connectivity index (χ4n) is 2.40. The molecule has 1 unspecified atom stereocenters. The molecule has 2 aromatic heterocycles. The van der Waals surface area contributed by atoms with Crippen LogP contribution < -0.4 is 16.4 Å². The maximum atomic E-state index is 11.2. The number of rotatable bonds is 7. The monoisotopic (exact) mass is 463 g/mol. The van der Waals surface area contributed by atoms with Crippen molar-refractivity contribution in [3.63, 3.8) is 0 Å². The number of hydrogen-bond acceptors (Lipinski definition) is 9. The highest BCUT2D eigenvalue weighted by atomic mass is 32.2. The fraction of sp³-hybridized carbons (Fsp3) is 0.250. The van der Waals surface area contributed by atoms with E-state index in [1.165, 1.54) is 4.88 Å². The number of nitrogens with zero attached hydrogens (tertiary/aromatic N) is 2. The highest BCUT2D eigenvalue weighted by Gasteiger charge is 2.10. The number of thiazole rings is 2. The quantitative estimate of drug-likeness (QED) is 0.364. The zero-order chi connectivity index (χ0) is 22.1. The Morgan fingerprint density at radius 2 is 1.93 bits per heavy atom. The predicted octanol–water partition coefficient (Wildman–Crippen LogP) is 3.39. The summed E-state index contributed by atoms with van der Waals surface area (Å²) in [6.07, 6.45) is 3.96. The van der Waals surface area contributed by atoms with Gasteiger partial charge in [-0.25, -0.2) is 9.97 Å². The van der Waals surface area contributed by atoms with Crippen molar-refractivity contribution in [1.82, 2.24) is 15.3 Å². The molecule has 0 saturated carbocycles. The first-order valence-corrected chi connectivity index (χ1v) is 12.2. The van der Waals surface area contributed by atoms with Crippen LogP contribution in [0.4, 0.5) is 5.13 Å². The van der Waals surface area contributed by atoms with E-state index in [2.05, 4.69) is 26.0 Å². The third-order valence-electron chi connectivity index (χ3n) is 3.83. The van der Waals surface area contributed by atoms with Gasteiger partial charge in [-0.2, -0.15) is 0 Å². The third-order valence-corrected chi connectivity index (χ3v) is 6.72. The van der Waals surface area contributed by atoms with Gasteiger partial charge in [0.2, 0.25) is 0 Å². The van der Waals surface area contributed by atoms with Crippen molar-refractivity contribution in [3.8, 4) is 10.6 Å². The van der Waals surface area contributed by atoms with Crippen LogP contribution in [0.3, 0.4) is 0 Å². The lowest BCUT2D eigenvalue weighted by Crippen LogP contribution is -2.11. The van der Waals surface area contributed by atoms with E-state index in [4.69, 9.17) is 5.73 Å². The summed E-state index contributed by atoms with van der Waals surface area (Å²) < 4.78 is 11.2. The average Bonchev–Trinajstić information content (AvgIpc) is 3.34. The second-order valence-electron chi connectivity index (χ2n) is 6.09. The summed E-state index contributed by atoms with van der Waals surface area (Å²) in [6, 6.07) is 7.13. The number of aldehydes is 1. The molecule has 7 nitrogen and oxygen atoms in total. The molecule has 0 aliphatic carbocycles. The lowest BCUT2D eigenvalue weighted by atomic mass is 10.2. The van der Waals surface area contributed by atoms with Gasteiger partial charge in [-0.3, -0.25) is 4.21 Å². The van der Waals surface area contributed by atoms with Crippen molar-refractivity contribution < 1.29 is 9.00 Å². The van der Waals surface area contributed by atoms with Crippen LogP contribution in [-0.4, -0.2) is 40.3 Å². The number of aromatic nitrogens is 2. The molecule has 0 spiro atoms. The number of nitrogens with one attached hydrogen (secondary N) is 2. The second-order valence-corrected chi connectivity index (χ2v) is 9.53. The molecule has 0 saturated heterocycles. The molecular formula is C20H25N5O2S3. The molecule has 0 radical (unpaired) electrons. The summed E-state index contributed by atoms with van der Waals surface area (Å²) in [6.45, 7) is 4.28. The highest BCUT2D eigenvalue weighted by Crippen LogP contribution is 2.31. The van der Waals surface area contributed by atoms with Crippen LogP contribution in [0.2, 0.25) is 0 Å². The van der Waals surface area contributed by atoms with E-state index in [9.17, 15) is 9.00 Å². The number of carbonyl (C=O) groups excluding carboxylic acids is 1. The molecular weight excluding hydrogens is 438 g/mol. The zero-order valence-corrected chi connectivity index (χ0v) is 19.7. The van der Waals surface area contributed by atoms with Gasteiger partial charge in [0, 0.05) is 40.6 Å². The molecule has 1 aromatic carbocycles. The fourth-order valence-corrected chi connectivity index (χ4v) is 4.54. The van der Waals surface area contributed by atoms with Gasteiger partial charge in [0.05, 0.1) is 33.5 Å². The Labute approximate surface area is 186 Å². The molecule has 0 bridgehead atoms. The van der Waals surface area contributed by atoms with E-state index in [1.54, 1.807) is 59.4 Å². The summed E-state index contributed by atoms with van der Waals surface area (Å²) >= 11 is 3.32. The van der Waals surface area contributed by atoms with Crippen LogP contribution in [-0.2, 0) is 15.6 Å². The van der Waals surface area contributed by atoms with E-state index >= 15 is 0 Å². The van der Waals surface area contributed by atoms with Gasteiger partial charge in [-0.1, -0.05) is 12.1 Å². The number of carbonyl (C=O) groups is 1. The van der Waals surface area contributed by atoms with Crippen molar-refractivity contribution in [2.24, 2.45) is 5.73 Å². The van der Waals surface area contributed by atoms with Gasteiger partial charge >= 0.3 is 0 Å². The topological polar surface area (TPSA) is 110 Å². The van der Waals surface area contributed by atoms with Gasteiger partial charge in [-0.05, 0) is 31.5 Å². The molecule has 0 aliphatic heterocycles. The van der Waals surface area contributed by atoms with Crippen molar-refractivity contribution in [2.45, 2.75) is 18.7 Å². The minimum atomic E-state index is -0.979. The van der Waals surface area contributed by atoms with Crippen LogP contribution in [0, 0.1) is 13.8 Å². The third kappa shape index (κ3) is 6.75. The molecule has 0 fully saturated rings. The SMILES string of the molecule is CNc1nc(-c2sc(C)nc2C)cs1.CS(=O)c1ccc(/C(N)=C/NCC=O)cc1. The minimum Gasteiger partial charge on any atom is -0.397 e. The molecule has 160 valence electrons. The van der Waals surface area contributed by atoms with Crippen molar-refractivity contribution in [3.05, 3.63) is 52.1 Å². The number of aryl methyl sites for hydroxylation is 2. The van der Waals surface area contributed by atoms with Gasteiger partial charge < -0.3 is 21.2 Å². The average molecular weight is 464 g/mol. The van der Waals surface area contributed by atoms with E-state index in [0.29, 0.717) is 5.70 Å². The summed E-state index contributed by atoms with van der Waals surface area (Å²) in [7, 11) is 0.903. The summed E-state index contributed by atoms with van der Waals surface area (Å²) in [5, 5.41) is 9.90. The number of anilines is 1. The van der Waals surface area contributed by atoms with E-state index in [-0.39, 0.29) is 6.54 Å². The normalized spacial score (nSPS) is 11.9. The maximum absolute atomic E-state index is 11.2. The predicted molar refractivity (Wildman–Crippen MR) is 127 cm³/mol. The minimum absolute atomic E-state index is 0.234. The van der Waals surface area contributed by atoms with Crippen LogP contribution >= 0.6 is 22.7 Å². The second kappa shape index (κ2) is 11.6. The molecule has 3 aromatic rings. The molecule has 0 amide bonds. The number of nitrogens with two attached hydrogens (primary N) is 1. The standard InChI is InChI=1S/C11H14N2O2S.C9H11N3S2/c1-16(15)10-4-2-9(3-5-10)11(12)8-13-6-7-14;1-5-8(14-6(2)11-5)7-4-13-9(10-3)12-7/h2-5,7-8,13H,6,12H2,1H3;4H,1-3H3,(H,10,12)/b11-8-;. The van der Waals surface area contributed by atoms with E-state index < -0.39 is 10.8 Å². The molecule has 1 atom stereocenters. The van der Waals surface area contributed by atoms with Gasteiger partial charge in [0.1, 0.15) is 6.29 Å². The van der Waals surface area contributed by atoms with E-state index in [0.717, 1.165) is 38.3 Å². The van der Waals surface area contributed by atoms with Crippen molar-refractivity contribution >= 4 is 50.6 Å². The van der Waals surface area contributed by atoms with Crippen molar-refractivity contribution in [2.75, 3.05) is 25.2 Å². The first-order chi connectivity index (χ1) is 14.3. The van der Waals surface area contributed by atoms with Gasteiger partial charge in [0.25, 0.3) is 0 Å². The highest BCUT2D eigenvalue weighted by molar-refractivity contribution is 7.84. The first-order valence-electron chi connectivity index (χ1n) is 9.00. The Morgan fingerprint density at radius 1 is 1.23 bits per heavy atom. The first kappa shape index (κ1) is 23.7. The lowest BCUT2D eigenvalue weighted by molar-refractivity contribution is -0.107. The summed E-state index contributed by atoms with van der Waals surface area (Å²) in [5.74, 6) is 0. The van der Waals surface area contributed by atoms with E-state index in [1.807, 2.05) is 20.9 Å². The van der Waals surface area contributed by atoms with Crippen LogP contribution in [0.15, 0.2) is 40.7 Å². The van der Waals surface area contributed by atoms with Gasteiger partial charge in [0.15, 0.2) is 5.13 Å². The molecule has 4 N–H and O–H groups in total. The Kier molecular flexibility index (Phi) is 9.15. The molecule has 30 heavy (non-hydrogen) atoms. The van der Waals surface area contributed by atoms with Crippen molar-refractivity contribution in [1.29, 1.82) is 0 Å². The summed E-state index contributed by atoms with van der Waals surface area (Å²) in [4.78, 5) is 20.9. The molecule has 3 rings (SSSR count). The largest absolute Gasteiger partial charge is 0.397 e. The van der Waals surface area contributed by atoms with Crippen LogP contribution in [0.1, 0.15) is 16.3 Å². The Balaban J connectivity index is 0.000000215. The van der Waals surface area contributed by atoms with Crippen LogP contribution in [0.25, 0.3) is 16.3 Å². The number of benzene rings is 1. The maximum Gasteiger partial charge on any atom is 0.182 e. The summed E-state index contributed by atoms with van der Waals surface area (Å²) in [5.41, 5.74) is 9.23. The lowest BCUT2D eigenvalue weighted by Gasteiger charge is -2.03. The van der Waals surface area contributed by atoms with Gasteiger partial charge in [-0.15, -0.1) is 22.7 Å². The Bertz CT molecular complexity index is 1030. The van der Waals surface area contributed by atoms with Crippen LogP contribution in [0.5, 0.6) is 0 Å². The zero-order valence-electron chi connectivity index (χ0n) is 17.3. The smallest absolute Gasteiger partial charge is 0.182 e. The number of hydrogen-bond donors (Lipinski definition) is 3. The Hall–Kier alpha value is -2.56.